The van der Waals surface area contributed by atoms with Gasteiger partial charge in [0.15, 0.2) is 11.5 Å². The Labute approximate surface area is 175 Å². The molecule has 9 heteroatoms. The van der Waals surface area contributed by atoms with Gasteiger partial charge in [0.05, 0.1) is 23.8 Å². The number of hydrogen-bond donors (Lipinski definition) is 1. The molecule has 0 radical (unpaired) electrons. The summed E-state index contributed by atoms with van der Waals surface area (Å²) in [6.07, 6.45) is 5.29. The van der Waals surface area contributed by atoms with Crippen LogP contribution in [-0.2, 0) is 0 Å². The molecule has 7 nitrogen and oxygen atoms in total. The van der Waals surface area contributed by atoms with Crippen LogP contribution in [0.25, 0.3) is 17.0 Å². The van der Waals surface area contributed by atoms with Crippen LogP contribution in [0.1, 0.15) is 30.9 Å². The normalized spacial score (nSPS) is 17.0. The van der Waals surface area contributed by atoms with E-state index in [1.165, 1.54) is 31.4 Å². The van der Waals surface area contributed by atoms with Crippen LogP contribution >= 0.6 is 0 Å². The van der Waals surface area contributed by atoms with Crippen molar-refractivity contribution in [2.24, 2.45) is 0 Å². The maximum Gasteiger partial charge on any atom is 0.586 e. The number of anilines is 2. The molecule has 2 aliphatic rings. The van der Waals surface area contributed by atoms with Crippen molar-refractivity contribution in [3.8, 4) is 22.9 Å². The van der Waals surface area contributed by atoms with Crippen LogP contribution in [-0.4, -0.2) is 25.6 Å². The second kappa shape index (κ2) is 6.63. The van der Waals surface area contributed by atoms with Gasteiger partial charge in [-0.3, -0.25) is 9.38 Å². The number of benzene rings is 1. The van der Waals surface area contributed by atoms with Gasteiger partial charge in [0.1, 0.15) is 17.2 Å². The highest BCUT2D eigenvalue weighted by Crippen LogP contribution is 2.42. The molecule has 1 aromatic carbocycles. The summed E-state index contributed by atoms with van der Waals surface area (Å²) in [5.74, 6) is 0.958. The molecule has 6 rings (SSSR count). The Kier molecular flexibility index (Phi) is 3.86. The van der Waals surface area contributed by atoms with E-state index in [2.05, 4.69) is 31.0 Å². The Hall–Kier alpha value is -3.75. The lowest BCUT2D eigenvalue weighted by Crippen LogP contribution is -2.25. The van der Waals surface area contributed by atoms with Crippen LogP contribution in [0.2, 0.25) is 0 Å². The van der Waals surface area contributed by atoms with E-state index in [1.54, 1.807) is 18.5 Å². The van der Waals surface area contributed by atoms with E-state index >= 15 is 0 Å². The maximum absolute atomic E-state index is 13.2. The highest BCUT2D eigenvalue weighted by atomic mass is 19.3. The summed E-state index contributed by atoms with van der Waals surface area (Å²) in [6.45, 7) is 0. The van der Waals surface area contributed by atoms with Crippen molar-refractivity contribution in [1.29, 1.82) is 0 Å². The van der Waals surface area contributed by atoms with E-state index < -0.39 is 6.29 Å². The van der Waals surface area contributed by atoms with Crippen molar-refractivity contribution in [2.45, 2.75) is 31.5 Å². The number of rotatable bonds is 4. The highest BCUT2D eigenvalue weighted by Gasteiger charge is 2.43. The quantitative estimate of drug-likeness (QED) is 0.493. The molecule has 156 valence electrons. The number of nitrogens with zero attached hydrogens (tertiary/aromatic N) is 4. The Morgan fingerprint density at radius 2 is 1.90 bits per heavy atom. The lowest BCUT2D eigenvalue weighted by Gasteiger charge is -2.22. The molecule has 4 aromatic rings. The van der Waals surface area contributed by atoms with E-state index in [9.17, 15) is 8.78 Å². The molecule has 3 aromatic heterocycles. The zero-order valence-electron chi connectivity index (χ0n) is 16.3. The maximum atomic E-state index is 13.2. The lowest BCUT2D eigenvalue weighted by atomic mass is 9.83. The first-order chi connectivity index (χ1) is 15.0. The van der Waals surface area contributed by atoms with E-state index in [0.29, 0.717) is 23.1 Å². The first-order valence-electron chi connectivity index (χ1n) is 10.0. The van der Waals surface area contributed by atoms with E-state index in [0.717, 1.165) is 17.0 Å². The fraction of sp³-hybridized carbons (Fsp3) is 0.227. The van der Waals surface area contributed by atoms with Gasteiger partial charge in [0.2, 0.25) is 0 Å². The number of ether oxygens (including phenoxy) is 2. The average molecular weight is 421 g/mol. The lowest BCUT2D eigenvalue weighted by molar-refractivity contribution is -0.286. The Bertz CT molecular complexity index is 1300. The van der Waals surface area contributed by atoms with Gasteiger partial charge in [0, 0.05) is 23.9 Å². The van der Waals surface area contributed by atoms with Gasteiger partial charge in [0.25, 0.3) is 0 Å². The van der Waals surface area contributed by atoms with Crippen molar-refractivity contribution in [3.05, 3.63) is 60.7 Å². The number of hydrogen-bond acceptors (Lipinski definition) is 6. The van der Waals surface area contributed by atoms with Crippen LogP contribution in [0.15, 0.2) is 55.0 Å². The van der Waals surface area contributed by atoms with Crippen LogP contribution in [0, 0.1) is 0 Å². The van der Waals surface area contributed by atoms with Crippen molar-refractivity contribution in [1.82, 2.24) is 19.4 Å². The van der Waals surface area contributed by atoms with Gasteiger partial charge in [-0.2, -0.15) is 0 Å². The number of aromatic nitrogens is 4. The number of fused-ring (bicyclic) bond motifs is 2. The molecule has 1 saturated carbocycles. The summed E-state index contributed by atoms with van der Waals surface area (Å²) in [6, 6.07) is 10.4. The SMILES string of the molecule is FC1(F)Oc2ccc(Nc3cncc(-c4cccc5nc(C6CCC6)cn45)n3)cc2O1. The summed E-state index contributed by atoms with van der Waals surface area (Å²) in [5, 5.41) is 3.08. The smallest absolute Gasteiger partial charge is 0.395 e. The van der Waals surface area contributed by atoms with Crippen molar-refractivity contribution < 1.29 is 18.3 Å². The summed E-state index contributed by atoms with van der Waals surface area (Å²) in [4.78, 5) is 13.7. The molecule has 1 aliphatic heterocycles. The van der Waals surface area contributed by atoms with E-state index in [4.69, 9.17) is 4.98 Å². The van der Waals surface area contributed by atoms with Gasteiger partial charge < -0.3 is 14.8 Å². The third kappa shape index (κ3) is 3.22. The third-order valence-corrected chi connectivity index (χ3v) is 5.60. The molecule has 0 spiro atoms. The Balaban J connectivity index is 1.31. The molecule has 1 aliphatic carbocycles. The molecular weight excluding hydrogens is 404 g/mol. The summed E-state index contributed by atoms with van der Waals surface area (Å²) in [7, 11) is 0. The van der Waals surface area contributed by atoms with Crippen LogP contribution < -0.4 is 14.8 Å². The summed E-state index contributed by atoms with van der Waals surface area (Å²) in [5.41, 5.74) is 4.05. The van der Waals surface area contributed by atoms with Gasteiger partial charge in [-0.05, 0) is 37.1 Å². The van der Waals surface area contributed by atoms with E-state index in [1.807, 2.05) is 22.6 Å². The number of nitrogens with one attached hydrogen (secondary N) is 1. The standard InChI is InChI=1S/C22H17F2N5O2/c23-22(24)30-18-8-7-14(9-19(18)31-22)26-20-11-25-10-15(27-20)17-5-2-6-21-28-16(12-29(17)21)13-3-1-4-13/h2,5-13H,1,3-4H2,(H,26,27). The van der Waals surface area contributed by atoms with Gasteiger partial charge in [-0.15, -0.1) is 8.78 Å². The zero-order chi connectivity index (χ0) is 21.0. The highest BCUT2D eigenvalue weighted by molar-refractivity contribution is 5.65. The van der Waals surface area contributed by atoms with E-state index in [-0.39, 0.29) is 11.5 Å². The fourth-order valence-corrected chi connectivity index (χ4v) is 3.86. The number of halogens is 2. The first-order valence-corrected chi connectivity index (χ1v) is 10.0. The third-order valence-electron chi connectivity index (χ3n) is 5.60. The molecule has 1 fully saturated rings. The molecule has 4 heterocycles. The predicted octanol–water partition coefficient (Wildman–Crippen LogP) is 5.12. The average Bonchev–Trinajstić information content (AvgIpc) is 3.25. The minimum atomic E-state index is -3.65. The molecule has 0 unspecified atom stereocenters. The molecule has 1 N–H and O–H groups in total. The minimum absolute atomic E-state index is 0.00978. The van der Waals surface area contributed by atoms with Gasteiger partial charge in [-0.1, -0.05) is 12.5 Å². The molecular formula is C22H17F2N5O2. The Morgan fingerprint density at radius 1 is 1.03 bits per heavy atom. The molecule has 0 bridgehead atoms. The summed E-state index contributed by atoms with van der Waals surface area (Å²) >= 11 is 0. The van der Waals surface area contributed by atoms with Crippen LogP contribution in [0.4, 0.5) is 20.3 Å². The van der Waals surface area contributed by atoms with Crippen LogP contribution in [0.5, 0.6) is 11.5 Å². The van der Waals surface area contributed by atoms with Gasteiger partial charge in [-0.25, -0.2) is 9.97 Å². The van der Waals surface area contributed by atoms with Crippen molar-refractivity contribution in [2.75, 3.05) is 5.32 Å². The predicted molar refractivity (Wildman–Crippen MR) is 109 cm³/mol. The fourth-order valence-electron chi connectivity index (χ4n) is 3.86. The summed E-state index contributed by atoms with van der Waals surface area (Å²) < 4.78 is 37.5. The second-order valence-electron chi connectivity index (χ2n) is 7.68. The number of alkyl halides is 2. The minimum Gasteiger partial charge on any atom is -0.395 e. The molecule has 31 heavy (non-hydrogen) atoms. The largest absolute Gasteiger partial charge is 0.586 e. The van der Waals surface area contributed by atoms with Crippen molar-refractivity contribution in [3.63, 3.8) is 0 Å². The first kappa shape index (κ1) is 18.1. The monoisotopic (exact) mass is 421 g/mol. The van der Waals surface area contributed by atoms with Crippen LogP contribution in [0.3, 0.4) is 0 Å². The number of imidazole rings is 1. The topological polar surface area (TPSA) is 73.6 Å². The molecule has 0 atom stereocenters. The zero-order valence-corrected chi connectivity index (χ0v) is 16.3. The van der Waals surface area contributed by atoms with Gasteiger partial charge >= 0.3 is 6.29 Å². The Morgan fingerprint density at radius 3 is 2.74 bits per heavy atom. The van der Waals surface area contributed by atoms with Crippen molar-refractivity contribution >= 4 is 17.2 Å². The number of pyridine rings is 1. The molecule has 0 amide bonds. The molecule has 0 saturated heterocycles. The second-order valence-corrected chi connectivity index (χ2v) is 7.68.